The van der Waals surface area contributed by atoms with E-state index in [4.69, 9.17) is 10.8 Å². The minimum Gasteiger partial charge on any atom is -0.476 e. The minimum absolute atomic E-state index is 0.00152. The number of carboxylic acids is 1. The predicted octanol–water partition coefficient (Wildman–Crippen LogP) is 1.47. The van der Waals surface area contributed by atoms with Crippen molar-refractivity contribution in [2.24, 2.45) is 5.73 Å². The van der Waals surface area contributed by atoms with E-state index in [1.54, 1.807) is 6.92 Å². The number of carboxylic acid groups (broad SMARTS) is 1. The summed E-state index contributed by atoms with van der Waals surface area (Å²) in [6.07, 6.45) is 4.00. The number of carbonyl (C=O) groups is 2. The molecule has 0 radical (unpaired) electrons. The number of rotatable bonds is 4. The standard InChI is InChI=1S/C13H20N4O3S/c1-7(11-16-10(6-21-11)12(18)19)15-13(20)17-9-5-3-2-4-8(9)14/h6-9H,2-5,14H2,1H3,(H,18,19)(H2,15,17,20). The molecule has 0 aromatic carbocycles. The van der Waals surface area contributed by atoms with Gasteiger partial charge in [0.2, 0.25) is 0 Å². The van der Waals surface area contributed by atoms with Crippen molar-refractivity contribution in [1.82, 2.24) is 15.6 Å². The summed E-state index contributed by atoms with van der Waals surface area (Å²) >= 11 is 1.22. The van der Waals surface area contributed by atoms with Crippen LogP contribution >= 0.6 is 11.3 Å². The second kappa shape index (κ2) is 6.86. The Kier molecular flexibility index (Phi) is 5.13. The normalized spacial score (nSPS) is 23.3. The number of hydrogen-bond donors (Lipinski definition) is 4. The Bertz CT molecular complexity index is 519. The molecule has 1 fully saturated rings. The average Bonchev–Trinajstić information content (AvgIpc) is 2.91. The summed E-state index contributed by atoms with van der Waals surface area (Å²) in [5.41, 5.74) is 5.99. The van der Waals surface area contributed by atoms with Crippen LogP contribution in [0.2, 0.25) is 0 Å². The Labute approximate surface area is 126 Å². The molecule has 8 heteroatoms. The van der Waals surface area contributed by atoms with E-state index in [1.165, 1.54) is 16.7 Å². The first-order chi connectivity index (χ1) is 9.97. The zero-order chi connectivity index (χ0) is 15.4. The second-order valence-corrected chi connectivity index (χ2v) is 6.16. The summed E-state index contributed by atoms with van der Waals surface area (Å²) in [6, 6.07) is -0.644. The summed E-state index contributed by atoms with van der Waals surface area (Å²) in [5, 5.41) is 16.5. The first-order valence-corrected chi connectivity index (χ1v) is 7.86. The fraction of sp³-hybridized carbons (Fsp3) is 0.615. The highest BCUT2D eigenvalue weighted by Crippen LogP contribution is 2.19. The lowest BCUT2D eigenvalue weighted by atomic mass is 9.91. The van der Waals surface area contributed by atoms with E-state index in [1.807, 2.05) is 0 Å². The molecule has 3 unspecified atom stereocenters. The molecule has 0 bridgehead atoms. The predicted molar refractivity (Wildman–Crippen MR) is 79.4 cm³/mol. The third kappa shape index (κ3) is 4.15. The summed E-state index contributed by atoms with van der Waals surface area (Å²) in [6.45, 7) is 1.77. The van der Waals surface area contributed by atoms with Crippen molar-refractivity contribution < 1.29 is 14.7 Å². The monoisotopic (exact) mass is 312 g/mol. The van der Waals surface area contributed by atoms with Crippen LogP contribution < -0.4 is 16.4 Å². The molecule has 1 saturated carbocycles. The summed E-state index contributed by atoms with van der Waals surface area (Å²) in [7, 11) is 0. The summed E-state index contributed by atoms with van der Waals surface area (Å²) in [5.74, 6) is -1.07. The van der Waals surface area contributed by atoms with Gasteiger partial charge in [0, 0.05) is 17.5 Å². The Morgan fingerprint density at radius 2 is 2.19 bits per heavy atom. The fourth-order valence-corrected chi connectivity index (χ4v) is 3.19. The highest BCUT2D eigenvalue weighted by atomic mass is 32.1. The molecule has 1 aromatic heterocycles. The molecule has 3 atom stereocenters. The van der Waals surface area contributed by atoms with Gasteiger partial charge in [0.15, 0.2) is 5.69 Å². The van der Waals surface area contributed by atoms with Gasteiger partial charge in [-0.25, -0.2) is 14.6 Å². The highest BCUT2D eigenvalue weighted by molar-refractivity contribution is 7.09. The number of nitrogens with two attached hydrogens (primary N) is 1. The molecule has 1 aliphatic carbocycles. The molecule has 0 saturated heterocycles. The van der Waals surface area contributed by atoms with E-state index < -0.39 is 5.97 Å². The SMILES string of the molecule is CC(NC(=O)NC1CCCCC1N)c1nc(C(=O)O)cs1. The number of nitrogens with zero attached hydrogens (tertiary/aromatic N) is 1. The van der Waals surface area contributed by atoms with E-state index in [-0.39, 0.29) is 29.9 Å². The molecule has 1 heterocycles. The fourth-order valence-electron chi connectivity index (χ4n) is 2.39. The number of hydrogen-bond acceptors (Lipinski definition) is 5. The Balaban J connectivity index is 1.87. The molecule has 21 heavy (non-hydrogen) atoms. The topological polar surface area (TPSA) is 117 Å². The summed E-state index contributed by atoms with van der Waals surface area (Å²) < 4.78 is 0. The number of carbonyl (C=O) groups excluding carboxylic acids is 1. The maximum absolute atomic E-state index is 12.0. The van der Waals surface area contributed by atoms with Crippen LogP contribution in [-0.4, -0.2) is 34.2 Å². The lowest BCUT2D eigenvalue weighted by molar-refractivity contribution is 0.0691. The van der Waals surface area contributed by atoms with Crippen molar-refractivity contribution in [3.63, 3.8) is 0 Å². The smallest absolute Gasteiger partial charge is 0.355 e. The number of thiazole rings is 1. The van der Waals surface area contributed by atoms with Crippen molar-refractivity contribution >= 4 is 23.3 Å². The Morgan fingerprint density at radius 3 is 2.81 bits per heavy atom. The van der Waals surface area contributed by atoms with Crippen LogP contribution in [-0.2, 0) is 0 Å². The van der Waals surface area contributed by atoms with Gasteiger partial charge in [0.1, 0.15) is 5.01 Å². The summed E-state index contributed by atoms with van der Waals surface area (Å²) in [4.78, 5) is 26.7. The molecule has 1 aliphatic rings. The number of amides is 2. The van der Waals surface area contributed by atoms with E-state index in [9.17, 15) is 9.59 Å². The van der Waals surface area contributed by atoms with Gasteiger partial charge in [0.25, 0.3) is 0 Å². The zero-order valence-corrected chi connectivity index (χ0v) is 12.7. The van der Waals surface area contributed by atoms with Gasteiger partial charge in [-0.15, -0.1) is 11.3 Å². The zero-order valence-electron chi connectivity index (χ0n) is 11.8. The van der Waals surface area contributed by atoms with E-state index in [0.29, 0.717) is 5.01 Å². The maximum Gasteiger partial charge on any atom is 0.355 e. The maximum atomic E-state index is 12.0. The van der Waals surface area contributed by atoms with Gasteiger partial charge in [-0.05, 0) is 19.8 Å². The quantitative estimate of drug-likeness (QED) is 0.671. The van der Waals surface area contributed by atoms with Gasteiger partial charge in [0.05, 0.1) is 6.04 Å². The van der Waals surface area contributed by atoms with Crippen molar-refractivity contribution in [2.45, 2.75) is 50.7 Å². The van der Waals surface area contributed by atoms with Gasteiger partial charge in [-0.2, -0.15) is 0 Å². The lowest BCUT2D eigenvalue weighted by Gasteiger charge is -2.29. The number of nitrogens with one attached hydrogen (secondary N) is 2. The van der Waals surface area contributed by atoms with Crippen molar-refractivity contribution in [2.75, 3.05) is 0 Å². The Morgan fingerprint density at radius 1 is 1.48 bits per heavy atom. The average molecular weight is 312 g/mol. The second-order valence-electron chi connectivity index (χ2n) is 5.27. The molecule has 5 N–H and O–H groups in total. The third-order valence-electron chi connectivity index (χ3n) is 3.59. The van der Waals surface area contributed by atoms with Crippen LogP contribution in [0, 0.1) is 0 Å². The van der Waals surface area contributed by atoms with Crippen molar-refractivity contribution in [1.29, 1.82) is 0 Å². The van der Waals surface area contributed by atoms with E-state index >= 15 is 0 Å². The Hall–Kier alpha value is -1.67. The molecule has 2 amide bonds. The molecule has 0 spiro atoms. The highest BCUT2D eigenvalue weighted by Gasteiger charge is 2.24. The van der Waals surface area contributed by atoms with Crippen LogP contribution in [0.25, 0.3) is 0 Å². The van der Waals surface area contributed by atoms with Gasteiger partial charge < -0.3 is 21.5 Å². The van der Waals surface area contributed by atoms with Crippen molar-refractivity contribution in [3.05, 3.63) is 16.1 Å². The first-order valence-electron chi connectivity index (χ1n) is 6.98. The van der Waals surface area contributed by atoms with Crippen LogP contribution in [0.5, 0.6) is 0 Å². The van der Waals surface area contributed by atoms with E-state index in [2.05, 4.69) is 15.6 Å². The largest absolute Gasteiger partial charge is 0.476 e. The van der Waals surface area contributed by atoms with Crippen LogP contribution in [0.3, 0.4) is 0 Å². The van der Waals surface area contributed by atoms with Crippen molar-refractivity contribution in [3.8, 4) is 0 Å². The minimum atomic E-state index is -1.07. The third-order valence-corrected chi connectivity index (χ3v) is 4.62. The molecule has 7 nitrogen and oxygen atoms in total. The first kappa shape index (κ1) is 15.7. The number of aromatic carboxylic acids is 1. The molecular weight excluding hydrogens is 292 g/mol. The van der Waals surface area contributed by atoms with Gasteiger partial charge in [-0.1, -0.05) is 12.8 Å². The van der Waals surface area contributed by atoms with Crippen LogP contribution in [0.4, 0.5) is 4.79 Å². The van der Waals surface area contributed by atoms with Crippen LogP contribution in [0.15, 0.2) is 5.38 Å². The number of urea groups is 1. The van der Waals surface area contributed by atoms with E-state index in [0.717, 1.165) is 25.7 Å². The lowest BCUT2D eigenvalue weighted by Crippen LogP contribution is -2.52. The van der Waals surface area contributed by atoms with Crippen LogP contribution in [0.1, 0.15) is 54.1 Å². The van der Waals surface area contributed by atoms with Gasteiger partial charge >= 0.3 is 12.0 Å². The van der Waals surface area contributed by atoms with Gasteiger partial charge in [-0.3, -0.25) is 0 Å². The molecule has 116 valence electrons. The molecule has 2 rings (SSSR count). The molecular formula is C13H20N4O3S. The molecule has 0 aliphatic heterocycles. The molecule has 1 aromatic rings. The number of aromatic nitrogens is 1.